The lowest BCUT2D eigenvalue weighted by Gasteiger charge is -2.21. The Morgan fingerprint density at radius 1 is 1.08 bits per heavy atom. The molecule has 7 nitrogen and oxygen atoms in total. The van der Waals surface area contributed by atoms with Crippen LogP contribution in [-0.2, 0) is 17.8 Å². The Morgan fingerprint density at radius 3 is 2.56 bits per heavy atom. The summed E-state index contributed by atoms with van der Waals surface area (Å²) in [6.07, 6.45) is 0.365. The summed E-state index contributed by atoms with van der Waals surface area (Å²) in [5.41, 5.74) is 5.26. The lowest BCUT2D eigenvalue weighted by molar-refractivity contribution is -0.117. The van der Waals surface area contributed by atoms with Gasteiger partial charge in [0.25, 0.3) is 5.56 Å². The van der Waals surface area contributed by atoms with Crippen molar-refractivity contribution in [2.75, 3.05) is 12.4 Å². The van der Waals surface area contributed by atoms with Gasteiger partial charge in [-0.1, -0.05) is 47.5 Å². The Morgan fingerprint density at radius 2 is 1.83 bits per heavy atom. The number of hydrogen-bond donors (Lipinski definition) is 1. The van der Waals surface area contributed by atoms with Crippen LogP contribution in [0.25, 0.3) is 5.69 Å². The molecule has 1 amide bonds. The number of amides is 1. The van der Waals surface area contributed by atoms with Gasteiger partial charge in [-0.05, 0) is 56.2 Å². The van der Waals surface area contributed by atoms with E-state index in [0.29, 0.717) is 45.8 Å². The van der Waals surface area contributed by atoms with Gasteiger partial charge in [-0.3, -0.25) is 9.59 Å². The normalized spacial score (nSPS) is 11.9. The van der Waals surface area contributed by atoms with Crippen LogP contribution in [0, 0.1) is 20.8 Å². The van der Waals surface area contributed by atoms with Crippen LogP contribution in [0.1, 0.15) is 27.8 Å². The Kier molecular flexibility index (Phi) is 6.10. The van der Waals surface area contributed by atoms with Gasteiger partial charge in [-0.15, -0.1) is 0 Å². The molecule has 5 rings (SSSR count). The number of anilines is 1. The molecule has 1 aliphatic heterocycles. The summed E-state index contributed by atoms with van der Waals surface area (Å²) < 4.78 is 14.9. The first kappa shape index (κ1) is 23.8. The molecule has 4 aromatic rings. The molecule has 0 unspecified atom stereocenters. The van der Waals surface area contributed by atoms with Gasteiger partial charge in [0.15, 0.2) is 11.5 Å². The van der Waals surface area contributed by atoms with Crippen molar-refractivity contribution in [3.05, 3.63) is 97.8 Å². The minimum absolute atomic E-state index is 0.160. The molecule has 0 saturated heterocycles. The average molecular weight is 504 g/mol. The molecule has 0 spiro atoms. The third-order valence-corrected chi connectivity index (χ3v) is 6.62. The largest absolute Gasteiger partial charge is 0.493 e. The summed E-state index contributed by atoms with van der Waals surface area (Å²) in [7, 11) is 1.57. The highest BCUT2D eigenvalue weighted by Gasteiger charge is 2.31. The Hall–Kier alpha value is -3.97. The molecule has 8 heteroatoms. The van der Waals surface area contributed by atoms with Gasteiger partial charge < -0.3 is 14.8 Å². The van der Waals surface area contributed by atoms with E-state index in [4.69, 9.17) is 21.1 Å². The number of carbonyl (C=O) groups is 1. The van der Waals surface area contributed by atoms with Gasteiger partial charge in [-0.2, -0.15) is 0 Å². The van der Waals surface area contributed by atoms with Crippen molar-refractivity contribution in [1.29, 1.82) is 0 Å². The van der Waals surface area contributed by atoms with Crippen LogP contribution in [0.4, 0.5) is 5.69 Å². The zero-order valence-electron chi connectivity index (χ0n) is 20.5. The van der Waals surface area contributed by atoms with Crippen molar-refractivity contribution in [3.63, 3.8) is 0 Å². The molecule has 2 heterocycles. The fourth-order valence-corrected chi connectivity index (χ4v) is 4.86. The number of hydrogen-bond acceptors (Lipinski definition) is 4. The summed E-state index contributed by atoms with van der Waals surface area (Å²) >= 11 is 6.33. The van der Waals surface area contributed by atoms with Gasteiger partial charge in [0.2, 0.25) is 11.8 Å². The molecule has 184 valence electrons. The SMILES string of the molecule is COc1cccc2c1Oc1c(c(=O)n(-c3ccc(C)cc3C)n1CC(=O)Nc1ccc(C)cc1Cl)C2. The second-order valence-electron chi connectivity index (χ2n) is 9.01. The van der Waals surface area contributed by atoms with E-state index in [9.17, 15) is 9.59 Å². The quantitative estimate of drug-likeness (QED) is 0.340. The molecule has 1 aliphatic rings. The first-order valence-corrected chi connectivity index (χ1v) is 12.0. The number of methoxy groups -OCH3 is 1. The van der Waals surface area contributed by atoms with Crippen molar-refractivity contribution in [2.45, 2.75) is 33.7 Å². The number of nitrogens with one attached hydrogen (secondary N) is 1. The average Bonchev–Trinajstić information content (AvgIpc) is 3.09. The minimum atomic E-state index is -0.341. The molecule has 1 aromatic heterocycles. The molecular weight excluding hydrogens is 478 g/mol. The third kappa shape index (κ3) is 4.16. The number of fused-ring (bicyclic) bond motifs is 2. The lowest BCUT2D eigenvalue weighted by Crippen LogP contribution is -2.28. The number of aryl methyl sites for hydroxylation is 3. The van der Waals surface area contributed by atoms with Gasteiger partial charge in [-0.25, -0.2) is 9.36 Å². The second-order valence-corrected chi connectivity index (χ2v) is 9.41. The lowest BCUT2D eigenvalue weighted by atomic mass is 10.0. The maximum absolute atomic E-state index is 13.7. The van der Waals surface area contributed by atoms with Crippen molar-refractivity contribution in [3.8, 4) is 23.1 Å². The van der Waals surface area contributed by atoms with Crippen LogP contribution in [0.5, 0.6) is 17.4 Å². The van der Waals surface area contributed by atoms with Crippen LogP contribution in [-0.4, -0.2) is 22.4 Å². The Bertz CT molecular complexity index is 1570. The van der Waals surface area contributed by atoms with Crippen molar-refractivity contribution in [2.24, 2.45) is 0 Å². The fourth-order valence-electron chi connectivity index (χ4n) is 4.58. The standard InChI is InChI=1S/C28H26ClN3O4/c1-16-9-11-23(18(3)12-16)32-27(34)20-14-19-6-5-7-24(35-4)26(19)36-28(20)31(32)15-25(33)30-22-10-8-17(2)13-21(22)29/h5-13H,14-15H2,1-4H3,(H,30,33). The van der Waals surface area contributed by atoms with E-state index in [-0.39, 0.29) is 18.0 Å². The summed E-state index contributed by atoms with van der Waals surface area (Å²) in [4.78, 5) is 27.0. The Balaban J connectivity index is 1.62. The van der Waals surface area contributed by atoms with Crippen LogP contribution in [0.3, 0.4) is 0 Å². The summed E-state index contributed by atoms with van der Waals surface area (Å²) in [6, 6.07) is 16.8. The predicted molar refractivity (Wildman–Crippen MR) is 140 cm³/mol. The van der Waals surface area contributed by atoms with Crippen molar-refractivity contribution < 1.29 is 14.3 Å². The number of para-hydroxylation sites is 1. The molecule has 0 bridgehead atoms. The Labute approximate surface area is 213 Å². The highest BCUT2D eigenvalue weighted by atomic mass is 35.5. The van der Waals surface area contributed by atoms with Gasteiger partial charge in [0.05, 0.1) is 29.1 Å². The first-order valence-electron chi connectivity index (χ1n) is 11.6. The van der Waals surface area contributed by atoms with E-state index in [0.717, 1.165) is 22.3 Å². The van der Waals surface area contributed by atoms with Crippen LogP contribution >= 0.6 is 11.6 Å². The molecule has 0 radical (unpaired) electrons. The zero-order valence-corrected chi connectivity index (χ0v) is 21.3. The molecule has 3 aromatic carbocycles. The summed E-state index contributed by atoms with van der Waals surface area (Å²) in [5, 5.41) is 3.30. The number of nitrogens with zero attached hydrogens (tertiary/aromatic N) is 2. The second kappa shape index (κ2) is 9.24. The van der Waals surface area contributed by atoms with Crippen LogP contribution in [0.2, 0.25) is 5.02 Å². The summed E-state index contributed by atoms with van der Waals surface area (Å²) in [5.74, 6) is 1.09. The number of benzene rings is 3. The van der Waals surface area contributed by atoms with Gasteiger partial charge in [0.1, 0.15) is 6.54 Å². The number of rotatable bonds is 5. The van der Waals surface area contributed by atoms with Gasteiger partial charge >= 0.3 is 0 Å². The minimum Gasteiger partial charge on any atom is -0.493 e. The van der Waals surface area contributed by atoms with Crippen molar-refractivity contribution >= 4 is 23.2 Å². The van der Waals surface area contributed by atoms with E-state index in [1.807, 2.05) is 57.2 Å². The van der Waals surface area contributed by atoms with E-state index in [1.165, 1.54) is 4.68 Å². The number of carbonyl (C=O) groups excluding carboxylic acids is 1. The maximum Gasteiger partial charge on any atom is 0.278 e. The molecule has 0 atom stereocenters. The van der Waals surface area contributed by atoms with Gasteiger partial charge in [0, 0.05) is 12.0 Å². The van der Waals surface area contributed by atoms with Crippen LogP contribution in [0.15, 0.2) is 59.4 Å². The first-order chi connectivity index (χ1) is 17.3. The fraction of sp³-hybridized carbons (Fsp3) is 0.214. The molecule has 0 saturated carbocycles. The van der Waals surface area contributed by atoms with E-state index >= 15 is 0 Å². The van der Waals surface area contributed by atoms with Crippen LogP contribution < -0.4 is 20.3 Å². The van der Waals surface area contributed by atoms with Crippen molar-refractivity contribution in [1.82, 2.24) is 9.36 Å². The molecule has 0 aliphatic carbocycles. The van der Waals surface area contributed by atoms with E-state index in [2.05, 4.69) is 5.32 Å². The maximum atomic E-state index is 13.7. The molecule has 36 heavy (non-hydrogen) atoms. The smallest absolute Gasteiger partial charge is 0.278 e. The molecule has 0 fully saturated rings. The molecular formula is C28H26ClN3O4. The third-order valence-electron chi connectivity index (χ3n) is 6.30. The zero-order chi connectivity index (χ0) is 25.6. The number of ether oxygens (including phenoxy) is 2. The van der Waals surface area contributed by atoms with E-state index < -0.39 is 0 Å². The monoisotopic (exact) mass is 503 g/mol. The van der Waals surface area contributed by atoms with E-state index in [1.54, 1.807) is 30.0 Å². The molecule has 1 N–H and O–H groups in total. The number of halogens is 1. The highest BCUT2D eigenvalue weighted by molar-refractivity contribution is 6.33. The highest BCUT2D eigenvalue weighted by Crippen LogP contribution is 2.42. The summed E-state index contributed by atoms with van der Waals surface area (Å²) in [6.45, 7) is 5.70. The predicted octanol–water partition coefficient (Wildman–Crippen LogP) is 5.56. The topological polar surface area (TPSA) is 74.5 Å². The number of aromatic nitrogens is 2.